The smallest absolute Gasteiger partial charge is 0.0576 e. The van der Waals surface area contributed by atoms with Gasteiger partial charge in [-0.15, -0.1) is 0 Å². The predicted octanol–water partition coefficient (Wildman–Crippen LogP) is 2.71. The van der Waals surface area contributed by atoms with Crippen molar-refractivity contribution in [1.82, 2.24) is 0 Å². The van der Waals surface area contributed by atoms with E-state index in [-0.39, 0.29) is 0 Å². The van der Waals surface area contributed by atoms with Crippen LogP contribution in [0.4, 0.5) is 0 Å². The normalized spacial score (nSPS) is 41.2. The van der Waals surface area contributed by atoms with Gasteiger partial charge in [0.25, 0.3) is 0 Å². The Morgan fingerprint density at radius 1 is 1.40 bits per heavy atom. The van der Waals surface area contributed by atoms with Gasteiger partial charge in [-0.25, -0.2) is 0 Å². The molecule has 2 aliphatic rings. The molecular weight excluding hydrogens is 186 g/mol. The van der Waals surface area contributed by atoms with Crippen molar-refractivity contribution in [3.8, 4) is 0 Å². The summed E-state index contributed by atoms with van der Waals surface area (Å²) in [4.78, 5) is 0. The van der Waals surface area contributed by atoms with Crippen molar-refractivity contribution in [2.45, 2.75) is 58.0 Å². The summed E-state index contributed by atoms with van der Waals surface area (Å²) in [6, 6.07) is 0. The highest BCUT2D eigenvalue weighted by molar-refractivity contribution is 4.89. The molecule has 88 valence electrons. The number of ether oxygens (including phenoxy) is 1. The van der Waals surface area contributed by atoms with Crippen molar-refractivity contribution in [2.24, 2.45) is 17.1 Å². The van der Waals surface area contributed by atoms with Gasteiger partial charge in [0.2, 0.25) is 0 Å². The molecule has 0 aromatic carbocycles. The molecule has 1 aliphatic carbocycles. The second-order valence-corrected chi connectivity index (χ2v) is 5.73. The lowest BCUT2D eigenvalue weighted by molar-refractivity contribution is 0.0882. The number of nitrogens with two attached hydrogens (primary N) is 1. The second-order valence-electron chi connectivity index (χ2n) is 5.73. The van der Waals surface area contributed by atoms with Crippen molar-refractivity contribution < 1.29 is 4.74 Å². The lowest BCUT2D eigenvalue weighted by Crippen LogP contribution is -2.29. The molecule has 1 heterocycles. The average Bonchev–Trinajstić information content (AvgIpc) is 2.85. The summed E-state index contributed by atoms with van der Waals surface area (Å²) in [6.07, 6.45) is 9.68. The van der Waals surface area contributed by atoms with Gasteiger partial charge in [-0.2, -0.15) is 0 Å². The Hall–Kier alpha value is -0.0800. The fourth-order valence-corrected chi connectivity index (χ4v) is 3.35. The highest BCUT2D eigenvalue weighted by Crippen LogP contribution is 2.44. The van der Waals surface area contributed by atoms with Gasteiger partial charge in [0, 0.05) is 6.61 Å². The van der Waals surface area contributed by atoms with E-state index in [1.165, 1.54) is 44.9 Å². The molecule has 0 radical (unpaired) electrons. The monoisotopic (exact) mass is 211 g/mol. The third-order valence-electron chi connectivity index (χ3n) is 4.40. The Bertz CT molecular complexity index is 201. The van der Waals surface area contributed by atoms with E-state index < -0.39 is 0 Å². The topological polar surface area (TPSA) is 35.2 Å². The standard InChI is InChI=1S/C13H25NO/c1-11-4-6-13(9-11,10-14)7-5-12-3-2-8-15-12/h11-12H,2-10,14H2,1H3. The van der Waals surface area contributed by atoms with Crippen molar-refractivity contribution in [3.05, 3.63) is 0 Å². The summed E-state index contributed by atoms with van der Waals surface area (Å²) in [6.45, 7) is 4.23. The highest BCUT2D eigenvalue weighted by atomic mass is 16.5. The maximum Gasteiger partial charge on any atom is 0.0576 e. The minimum absolute atomic E-state index is 0.464. The average molecular weight is 211 g/mol. The number of hydrogen-bond donors (Lipinski definition) is 1. The lowest BCUT2D eigenvalue weighted by Gasteiger charge is -2.28. The van der Waals surface area contributed by atoms with E-state index in [0.29, 0.717) is 11.5 Å². The predicted molar refractivity (Wildman–Crippen MR) is 62.7 cm³/mol. The Balaban J connectivity index is 1.80. The van der Waals surface area contributed by atoms with E-state index in [1.807, 2.05) is 0 Å². The SMILES string of the molecule is CC1CCC(CN)(CCC2CCCO2)C1. The van der Waals surface area contributed by atoms with E-state index in [4.69, 9.17) is 10.5 Å². The van der Waals surface area contributed by atoms with Crippen LogP contribution < -0.4 is 5.73 Å². The van der Waals surface area contributed by atoms with Crippen LogP contribution in [-0.4, -0.2) is 19.3 Å². The van der Waals surface area contributed by atoms with Gasteiger partial charge < -0.3 is 10.5 Å². The van der Waals surface area contributed by atoms with Gasteiger partial charge in [0.05, 0.1) is 6.10 Å². The molecule has 2 nitrogen and oxygen atoms in total. The van der Waals surface area contributed by atoms with E-state index >= 15 is 0 Å². The quantitative estimate of drug-likeness (QED) is 0.776. The third kappa shape index (κ3) is 2.73. The minimum Gasteiger partial charge on any atom is -0.378 e. The third-order valence-corrected chi connectivity index (χ3v) is 4.40. The first-order chi connectivity index (χ1) is 7.24. The molecule has 15 heavy (non-hydrogen) atoms. The molecule has 2 fully saturated rings. The molecule has 3 unspecified atom stereocenters. The van der Waals surface area contributed by atoms with Crippen molar-refractivity contribution in [3.63, 3.8) is 0 Å². The van der Waals surface area contributed by atoms with Crippen molar-refractivity contribution >= 4 is 0 Å². The van der Waals surface area contributed by atoms with E-state index in [0.717, 1.165) is 19.1 Å². The zero-order valence-corrected chi connectivity index (χ0v) is 10.0. The van der Waals surface area contributed by atoms with Gasteiger partial charge in [-0.1, -0.05) is 13.3 Å². The van der Waals surface area contributed by atoms with Crippen LogP contribution in [0.5, 0.6) is 0 Å². The first-order valence-electron chi connectivity index (χ1n) is 6.56. The maximum absolute atomic E-state index is 5.97. The van der Waals surface area contributed by atoms with Gasteiger partial charge in [-0.3, -0.25) is 0 Å². The Morgan fingerprint density at radius 2 is 2.27 bits per heavy atom. The molecule has 2 N–H and O–H groups in total. The Morgan fingerprint density at radius 3 is 2.80 bits per heavy atom. The Labute approximate surface area is 93.6 Å². The van der Waals surface area contributed by atoms with Crippen LogP contribution in [0.25, 0.3) is 0 Å². The van der Waals surface area contributed by atoms with Crippen LogP contribution in [0.15, 0.2) is 0 Å². The fraction of sp³-hybridized carbons (Fsp3) is 1.00. The summed E-state index contributed by atoms with van der Waals surface area (Å²) in [5.74, 6) is 0.887. The summed E-state index contributed by atoms with van der Waals surface area (Å²) >= 11 is 0. The van der Waals surface area contributed by atoms with Gasteiger partial charge in [0.1, 0.15) is 0 Å². The summed E-state index contributed by atoms with van der Waals surface area (Å²) in [7, 11) is 0. The molecule has 1 saturated carbocycles. The fourth-order valence-electron chi connectivity index (χ4n) is 3.35. The molecule has 0 amide bonds. The van der Waals surface area contributed by atoms with Gasteiger partial charge in [0.15, 0.2) is 0 Å². The van der Waals surface area contributed by atoms with Crippen LogP contribution in [0.2, 0.25) is 0 Å². The molecule has 1 aliphatic heterocycles. The molecule has 2 rings (SSSR count). The summed E-state index contributed by atoms with van der Waals surface area (Å²) in [5, 5.41) is 0. The highest BCUT2D eigenvalue weighted by Gasteiger charge is 2.36. The molecule has 2 heteroatoms. The van der Waals surface area contributed by atoms with Crippen molar-refractivity contribution in [2.75, 3.05) is 13.2 Å². The molecule has 0 aromatic rings. The Kier molecular flexibility index (Phi) is 3.68. The number of hydrogen-bond acceptors (Lipinski definition) is 2. The first-order valence-corrected chi connectivity index (χ1v) is 6.56. The van der Waals surface area contributed by atoms with Crippen LogP contribution in [0.3, 0.4) is 0 Å². The number of rotatable bonds is 4. The molecule has 0 spiro atoms. The van der Waals surface area contributed by atoms with E-state index in [9.17, 15) is 0 Å². The van der Waals surface area contributed by atoms with Crippen LogP contribution in [-0.2, 0) is 4.74 Å². The summed E-state index contributed by atoms with van der Waals surface area (Å²) in [5.41, 5.74) is 6.44. The summed E-state index contributed by atoms with van der Waals surface area (Å²) < 4.78 is 5.69. The van der Waals surface area contributed by atoms with Crippen molar-refractivity contribution in [1.29, 1.82) is 0 Å². The lowest BCUT2D eigenvalue weighted by atomic mass is 9.80. The largest absolute Gasteiger partial charge is 0.378 e. The van der Waals surface area contributed by atoms with E-state index in [1.54, 1.807) is 0 Å². The molecule has 1 saturated heterocycles. The first kappa shape index (κ1) is 11.4. The van der Waals surface area contributed by atoms with Crippen LogP contribution in [0, 0.1) is 11.3 Å². The van der Waals surface area contributed by atoms with Gasteiger partial charge >= 0.3 is 0 Å². The zero-order valence-electron chi connectivity index (χ0n) is 10.0. The minimum atomic E-state index is 0.464. The molecular formula is C13H25NO. The maximum atomic E-state index is 5.97. The van der Waals surface area contributed by atoms with E-state index in [2.05, 4.69) is 6.92 Å². The van der Waals surface area contributed by atoms with Gasteiger partial charge in [-0.05, 0) is 56.4 Å². The second kappa shape index (κ2) is 4.84. The molecule has 0 aromatic heterocycles. The zero-order chi connectivity index (χ0) is 10.7. The molecule has 3 atom stereocenters. The molecule has 0 bridgehead atoms. The van der Waals surface area contributed by atoms with Crippen LogP contribution in [0.1, 0.15) is 51.9 Å². The van der Waals surface area contributed by atoms with Crippen LogP contribution >= 0.6 is 0 Å².